The largest absolute Gasteiger partial charge is 0.354 e. The lowest BCUT2D eigenvalue weighted by Gasteiger charge is -2.14. The Kier molecular flexibility index (Phi) is 4.29. The van der Waals surface area contributed by atoms with Gasteiger partial charge in [-0.15, -0.1) is 0 Å². The van der Waals surface area contributed by atoms with Gasteiger partial charge in [0.1, 0.15) is 0 Å². The predicted octanol–water partition coefficient (Wildman–Crippen LogP) is 1.68. The van der Waals surface area contributed by atoms with Crippen molar-refractivity contribution >= 4 is 0 Å². The van der Waals surface area contributed by atoms with Crippen molar-refractivity contribution in [3.8, 4) is 0 Å². The van der Waals surface area contributed by atoms with E-state index in [2.05, 4.69) is 18.9 Å². The zero-order chi connectivity index (χ0) is 11.4. The highest BCUT2D eigenvalue weighted by Crippen LogP contribution is 2.14. The summed E-state index contributed by atoms with van der Waals surface area (Å²) in [5.41, 5.74) is 3.62. The molecule has 1 aromatic heterocycles. The summed E-state index contributed by atoms with van der Waals surface area (Å²) < 4.78 is 12.3. The number of aromatic nitrogens is 2. The first kappa shape index (κ1) is 12.2. The number of methoxy groups -OCH3 is 2. The SMILES string of the molecule is CCc1c(C)nn(CC(OC)OC)c1C. The normalized spacial score (nSPS) is 11.3. The zero-order valence-electron chi connectivity index (χ0n) is 10.2. The number of ether oxygens (including phenoxy) is 2. The van der Waals surface area contributed by atoms with Gasteiger partial charge in [0, 0.05) is 19.9 Å². The Morgan fingerprint density at radius 3 is 2.27 bits per heavy atom. The van der Waals surface area contributed by atoms with E-state index in [0.29, 0.717) is 6.54 Å². The van der Waals surface area contributed by atoms with E-state index < -0.39 is 0 Å². The minimum absolute atomic E-state index is 0.229. The Morgan fingerprint density at radius 1 is 1.27 bits per heavy atom. The molecule has 4 nitrogen and oxygen atoms in total. The molecule has 0 aliphatic heterocycles. The lowest BCUT2D eigenvalue weighted by molar-refractivity contribution is -0.112. The van der Waals surface area contributed by atoms with Gasteiger partial charge in [0.05, 0.1) is 12.2 Å². The summed E-state index contributed by atoms with van der Waals surface area (Å²) in [6.45, 7) is 6.91. The molecule has 0 aromatic carbocycles. The third-order valence-electron chi connectivity index (χ3n) is 2.73. The molecular formula is C11H20N2O2. The first-order valence-electron chi connectivity index (χ1n) is 5.22. The number of aryl methyl sites for hydroxylation is 1. The Morgan fingerprint density at radius 2 is 1.87 bits per heavy atom. The van der Waals surface area contributed by atoms with Crippen LogP contribution in [0.15, 0.2) is 0 Å². The van der Waals surface area contributed by atoms with Crippen LogP contribution in [0.2, 0.25) is 0 Å². The maximum Gasteiger partial charge on any atom is 0.176 e. The fourth-order valence-electron chi connectivity index (χ4n) is 1.81. The van der Waals surface area contributed by atoms with Crippen molar-refractivity contribution in [1.82, 2.24) is 9.78 Å². The average Bonchev–Trinajstić information content (AvgIpc) is 2.50. The molecule has 0 atom stereocenters. The molecular weight excluding hydrogens is 192 g/mol. The monoisotopic (exact) mass is 212 g/mol. The molecule has 86 valence electrons. The Bertz CT molecular complexity index is 317. The third-order valence-corrected chi connectivity index (χ3v) is 2.73. The summed E-state index contributed by atoms with van der Waals surface area (Å²) in [6.07, 6.45) is 0.787. The van der Waals surface area contributed by atoms with Gasteiger partial charge in [0.2, 0.25) is 0 Å². The first-order chi connectivity index (χ1) is 7.13. The number of hydrogen-bond donors (Lipinski definition) is 0. The highest BCUT2D eigenvalue weighted by atomic mass is 16.7. The van der Waals surface area contributed by atoms with E-state index in [0.717, 1.165) is 12.1 Å². The van der Waals surface area contributed by atoms with E-state index in [1.807, 2.05) is 11.6 Å². The van der Waals surface area contributed by atoms with Crippen LogP contribution >= 0.6 is 0 Å². The molecule has 0 radical (unpaired) electrons. The molecule has 15 heavy (non-hydrogen) atoms. The summed E-state index contributed by atoms with van der Waals surface area (Å²) in [7, 11) is 3.28. The van der Waals surface area contributed by atoms with Crippen molar-refractivity contribution in [2.45, 2.75) is 40.0 Å². The van der Waals surface area contributed by atoms with Crippen LogP contribution in [-0.2, 0) is 22.4 Å². The molecule has 0 aliphatic rings. The van der Waals surface area contributed by atoms with Gasteiger partial charge < -0.3 is 9.47 Å². The van der Waals surface area contributed by atoms with Crippen molar-refractivity contribution in [1.29, 1.82) is 0 Å². The quantitative estimate of drug-likeness (QED) is 0.697. The van der Waals surface area contributed by atoms with E-state index in [1.165, 1.54) is 11.3 Å². The van der Waals surface area contributed by atoms with Crippen LogP contribution < -0.4 is 0 Å². The van der Waals surface area contributed by atoms with Gasteiger partial charge in [-0.25, -0.2) is 0 Å². The minimum Gasteiger partial charge on any atom is -0.354 e. The topological polar surface area (TPSA) is 36.3 Å². The Labute approximate surface area is 91.2 Å². The zero-order valence-corrected chi connectivity index (χ0v) is 10.2. The second kappa shape index (κ2) is 5.28. The molecule has 1 aromatic rings. The summed E-state index contributed by atoms with van der Waals surface area (Å²) in [6, 6.07) is 0. The lowest BCUT2D eigenvalue weighted by Crippen LogP contribution is -2.22. The molecule has 1 heterocycles. The van der Waals surface area contributed by atoms with Crippen molar-refractivity contribution < 1.29 is 9.47 Å². The smallest absolute Gasteiger partial charge is 0.176 e. The van der Waals surface area contributed by atoms with Crippen LogP contribution in [0.1, 0.15) is 23.9 Å². The Hall–Kier alpha value is -0.870. The van der Waals surface area contributed by atoms with E-state index in [1.54, 1.807) is 14.2 Å². The standard InChI is InChI=1S/C11H20N2O2/c1-6-10-8(2)12-13(9(10)3)7-11(14-4)15-5/h11H,6-7H2,1-5H3. The van der Waals surface area contributed by atoms with Crippen LogP contribution in [0.5, 0.6) is 0 Å². The number of rotatable bonds is 5. The highest BCUT2D eigenvalue weighted by molar-refractivity contribution is 5.24. The van der Waals surface area contributed by atoms with Gasteiger partial charge in [-0.1, -0.05) is 6.92 Å². The van der Waals surface area contributed by atoms with E-state index in [-0.39, 0.29) is 6.29 Å². The maximum atomic E-state index is 5.16. The molecule has 0 saturated carbocycles. The molecule has 0 fully saturated rings. The molecule has 0 aliphatic carbocycles. The Balaban J connectivity index is 2.86. The summed E-state index contributed by atoms with van der Waals surface area (Å²) >= 11 is 0. The summed E-state index contributed by atoms with van der Waals surface area (Å²) in [5, 5.41) is 4.47. The molecule has 0 saturated heterocycles. The summed E-state index contributed by atoms with van der Waals surface area (Å²) in [5.74, 6) is 0. The van der Waals surface area contributed by atoms with Crippen molar-refractivity contribution in [2.75, 3.05) is 14.2 Å². The van der Waals surface area contributed by atoms with E-state index in [9.17, 15) is 0 Å². The molecule has 0 N–H and O–H groups in total. The van der Waals surface area contributed by atoms with Gasteiger partial charge in [0.25, 0.3) is 0 Å². The van der Waals surface area contributed by atoms with Crippen molar-refractivity contribution in [3.63, 3.8) is 0 Å². The second-order valence-electron chi connectivity index (χ2n) is 3.59. The number of hydrogen-bond acceptors (Lipinski definition) is 3. The van der Waals surface area contributed by atoms with E-state index >= 15 is 0 Å². The van der Waals surface area contributed by atoms with Gasteiger partial charge in [-0.3, -0.25) is 4.68 Å². The van der Waals surface area contributed by atoms with Crippen LogP contribution in [0.25, 0.3) is 0 Å². The third kappa shape index (κ3) is 2.58. The van der Waals surface area contributed by atoms with Crippen LogP contribution in [0.4, 0.5) is 0 Å². The fraction of sp³-hybridized carbons (Fsp3) is 0.727. The summed E-state index contributed by atoms with van der Waals surface area (Å²) in [4.78, 5) is 0. The maximum absolute atomic E-state index is 5.16. The molecule has 0 bridgehead atoms. The van der Waals surface area contributed by atoms with Crippen LogP contribution in [0.3, 0.4) is 0 Å². The second-order valence-corrected chi connectivity index (χ2v) is 3.59. The van der Waals surface area contributed by atoms with Gasteiger partial charge in [0.15, 0.2) is 6.29 Å². The highest BCUT2D eigenvalue weighted by Gasteiger charge is 2.13. The number of nitrogens with zero attached hydrogens (tertiary/aromatic N) is 2. The van der Waals surface area contributed by atoms with Gasteiger partial charge in [-0.05, 0) is 25.8 Å². The average molecular weight is 212 g/mol. The minimum atomic E-state index is -0.229. The van der Waals surface area contributed by atoms with E-state index in [4.69, 9.17) is 9.47 Å². The molecule has 4 heteroatoms. The van der Waals surface area contributed by atoms with Gasteiger partial charge in [-0.2, -0.15) is 5.10 Å². The molecule has 0 spiro atoms. The molecule has 1 rings (SSSR count). The molecule has 0 unspecified atom stereocenters. The van der Waals surface area contributed by atoms with Crippen LogP contribution in [-0.4, -0.2) is 30.3 Å². The fourth-order valence-corrected chi connectivity index (χ4v) is 1.81. The van der Waals surface area contributed by atoms with Crippen molar-refractivity contribution in [3.05, 3.63) is 17.0 Å². The van der Waals surface area contributed by atoms with Gasteiger partial charge >= 0.3 is 0 Å². The van der Waals surface area contributed by atoms with Crippen LogP contribution in [0, 0.1) is 13.8 Å². The lowest BCUT2D eigenvalue weighted by atomic mass is 10.1. The van der Waals surface area contributed by atoms with Crippen molar-refractivity contribution in [2.24, 2.45) is 0 Å². The predicted molar refractivity (Wildman–Crippen MR) is 58.9 cm³/mol. The first-order valence-corrected chi connectivity index (χ1v) is 5.22. The molecule has 0 amide bonds.